The Morgan fingerprint density at radius 1 is 1.27 bits per heavy atom. The highest BCUT2D eigenvalue weighted by Gasteiger charge is 2.52. The minimum Gasteiger partial charge on any atom is -0.486 e. The van der Waals surface area contributed by atoms with Gasteiger partial charge in [-0.25, -0.2) is 4.98 Å². The highest BCUT2D eigenvalue weighted by molar-refractivity contribution is 6.62. The van der Waals surface area contributed by atoms with E-state index in [2.05, 4.69) is 10.3 Å². The quantitative estimate of drug-likeness (QED) is 0.631. The largest absolute Gasteiger partial charge is 0.494 e. The van der Waals surface area contributed by atoms with Crippen LogP contribution in [-0.2, 0) is 20.5 Å². The smallest absolute Gasteiger partial charge is 0.486 e. The second kappa shape index (κ2) is 9.01. The fourth-order valence-corrected chi connectivity index (χ4v) is 4.05. The lowest BCUT2D eigenvalue weighted by molar-refractivity contribution is -0.120. The van der Waals surface area contributed by atoms with E-state index in [1.165, 1.54) is 0 Å². The van der Waals surface area contributed by atoms with E-state index in [0.29, 0.717) is 29.6 Å². The molecule has 174 valence electrons. The molecule has 2 aromatic rings. The van der Waals surface area contributed by atoms with Gasteiger partial charge in [0.1, 0.15) is 17.7 Å². The van der Waals surface area contributed by atoms with Gasteiger partial charge >= 0.3 is 7.12 Å². The van der Waals surface area contributed by atoms with Gasteiger partial charge < -0.3 is 25.1 Å². The van der Waals surface area contributed by atoms with Gasteiger partial charge in [0.15, 0.2) is 0 Å². The van der Waals surface area contributed by atoms with Gasteiger partial charge in [-0.3, -0.25) is 4.79 Å². The predicted octanol–water partition coefficient (Wildman–Crippen LogP) is 3.14. The van der Waals surface area contributed by atoms with Crippen LogP contribution in [0.5, 0.6) is 5.75 Å². The standard InChI is InChI=1S/C24H29BClN3O4/c1-23(2)24(3,4)33-25(32-23)17-10-16-11-18(31-22(16)19(26)12-17)14-29-21(30)7-5-6-15-8-9-20(27)28-13-15/h5-6,8-10,12-13,18H,7,11,14H2,1-4H3,(H2,27,28)(H,29,30)/b6-5+. The Balaban J connectivity index is 1.31. The molecule has 2 aliphatic rings. The number of amides is 1. The molecule has 0 bridgehead atoms. The Bertz CT molecular complexity index is 1060. The van der Waals surface area contributed by atoms with Crippen LogP contribution in [0.1, 0.15) is 45.2 Å². The van der Waals surface area contributed by atoms with Crippen LogP contribution in [0, 0.1) is 0 Å². The van der Waals surface area contributed by atoms with Crippen molar-refractivity contribution in [1.29, 1.82) is 0 Å². The van der Waals surface area contributed by atoms with Gasteiger partial charge in [-0.1, -0.05) is 29.8 Å². The number of rotatable bonds is 6. The number of ether oxygens (including phenoxy) is 1. The SMILES string of the molecule is CC1(C)OB(c2cc(Cl)c3c(c2)CC(CNC(=O)C/C=C/c2ccc(N)nc2)O3)OC1(C)C. The fraction of sp³-hybridized carbons (Fsp3) is 0.417. The van der Waals surface area contributed by atoms with Crippen LogP contribution in [0.3, 0.4) is 0 Å². The third-order valence-electron chi connectivity index (χ3n) is 6.35. The normalized spacial score (nSPS) is 20.6. The van der Waals surface area contributed by atoms with Crippen molar-refractivity contribution < 1.29 is 18.8 Å². The van der Waals surface area contributed by atoms with Gasteiger partial charge in [0.05, 0.1) is 22.8 Å². The van der Waals surface area contributed by atoms with E-state index in [1.54, 1.807) is 18.3 Å². The highest BCUT2D eigenvalue weighted by Crippen LogP contribution is 2.39. The summed E-state index contributed by atoms with van der Waals surface area (Å²) in [5.74, 6) is 1.04. The summed E-state index contributed by atoms with van der Waals surface area (Å²) in [4.78, 5) is 16.2. The molecule has 0 aliphatic carbocycles. The second-order valence-electron chi connectivity index (χ2n) is 9.45. The van der Waals surface area contributed by atoms with Crippen LogP contribution >= 0.6 is 11.6 Å². The van der Waals surface area contributed by atoms with E-state index in [9.17, 15) is 4.79 Å². The molecule has 0 saturated carbocycles. The summed E-state index contributed by atoms with van der Waals surface area (Å²) in [6, 6.07) is 7.43. The molecule has 0 radical (unpaired) electrons. The molecule has 1 aromatic carbocycles. The number of pyridine rings is 1. The molecule has 7 nitrogen and oxygen atoms in total. The minimum atomic E-state index is -0.486. The third kappa shape index (κ3) is 5.18. The summed E-state index contributed by atoms with van der Waals surface area (Å²) in [6.07, 6.45) is 6.02. The number of anilines is 1. The first-order chi connectivity index (χ1) is 15.5. The van der Waals surface area contributed by atoms with Crippen LogP contribution in [-0.4, -0.2) is 41.9 Å². The van der Waals surface area contributed by atoms with Gasteiger partial charge in [-0.15, -0.1) is 0 Å². The van der Waals surface area contributed by atoms with Crippen LogP contribution in [0.15, 0.2) is 36.5 Å². The molecule has 9 heteroatoms. The first kappa shape index (κ1) is 23.6. The van der Waals surface area contributed by atoms with Crippen molar-refractivity contribution >= 4 is 42.0 Å². The second-order valence-corrected chi connectivity index (χ2v) is 9.86. The molecule has 3 N–H and O–H groups in total. The number of aromatic nitrogens is 1. The number of halogens is 1. The summed E-state index contributed by atoms with van der Waals surface area (Å²) in [7, 11) is -0.486. The molecule has 33 heavy (non-hydrogen) atoms. The maximum Gasteiger partial charge on any atom is 0.494 e. The van der Waals surface area contributed by atoms with E-state index in [-0.39, 0.29) is 18.4 Å². The number of nitrogens with one attached hydrogen (secondary N) is 1. The third-order valence-corrected chi connectivity index (χ3v) is 6.63. The molecular weight excluding hydrogens is 441 g/mol. The van der Waals surface area contributed by atoms with Gasteiger partial charge in [0, 0.05) is 19.0 Å². The molecule has 0 spiro atoms. The summed E-state index contributed by atoms with van der Waals surface area (Å²) in [5, 5.41) is 3.44. The van der Waals surface area contributed by atoms with Gasteiger partial charge in [-0.2, -0.15) is 0 Å². The lowest BCUT2D eigenvalue weighted by Gasteiger charge is -2.32. The molecule has 1 aromatic heterocycles. The summed E-state index contributed by atoms with van der Waals surface area (Å²) >= 11 is 6.51. The van der Waals surface area contributed by atoms with Crippen LogP contribution in [0.2, 0.25) is 5.02 Å². The Morgan fingerprint density at radius 2 is 2.00 bits per heavy atom. The zero-order valence-electron chi connectivity index (χ0n) is 19.4. The molecule has 1 fully saturated rings. The molecule has 1 amide bonds. The molecule has 3 heterocycles. The molecule has 1 saturated heterocycles. The number of carbonyl (C=O) groups is 1. The minimum absolute atomic E-state index is 0.0850. The summed E-state index contributed by atoms with van der Waals surface area (Å²) < 4.78 is 18.3. The van der Waals surface area contributed by atoms with Crippen molar-refractivity contribution in [3.8, 4) is 5.75 Å². The van der Waals surface area contributed by atoms with E-state index in [1.807, 2.05) is 52.0 Å². The van der Waals surface area contributed by atoms with Crippen molar-refractivity contribution in [1.82, 2.24) is 10.3 Å². The highest BCUT2D eigenvalue weighted by atomic mass is 35.5. The van der Waals surface area contributed by atoms with Crippen molar-refractivity contribution in [2.75, 3.05) is 12.3 Å². The Hall–Kier alpha value is -2.55. The van der Waals surface area contributed by atoms with Crippen molar-refractivity contribution in [2.45, 2.75) is 57.8 Å². The number of nitrogen functional groups attached to an aromatic ring is 1. The molecular formula is C24H29BClN3O4. The van der Waals surface area contributed by atoms with Crippen LogP contribution in [0.25, 0.3) is 6.08 Å². The zero-order chi connectivity index (χ0) is 23.8. The summed E-state index contributed by atoms with van der Waals surface area (Å²) in [5.41, 5.74) is 7.47. The number of benzene rings is 1. The van der Waals surface area contributed by atoms with Gasteiger partial charge in [-0.05, 0) is 62.5 Å². The number of nitrogens with zero attached hydrogens (tertiary/aromatic N) is 1. The van der Waals surface area contributed by atoms with E-state index in [4.69, 9.17) is 31.4 Å². The van der Waals surface area contributed by atoms with Crippen LogP contribution < -0.4 is 21.3 Å². The number of hydrogen-bond acceptors (Lipinski definition) is 6. The van der Waals surface area contributed by atoms with Crippen molar-refractivity contribution in [3.05, 3.63) is 52.7 Å². The molecule has 2 aliphatic heterocycles. The number of nitrogens with two attached hydrogens (primary N) is 1. The first-order valence-electron chi connectivity index (χ1n) is 11.0. The Labute approximate surface area is 199 Å². The van der Waals surface area contributed by atoms with Gasteiger partial charge in [0.2, 0.25) is 5.91 Å². The summed E-state index contributed by atoms with van der Waals surface area (Å²) in [6.45, 7) is 8.47. The number of fused-ring (bicyclic) bond motifs is 1. The van der Waals surface area contributed by atoms with Crippen molar-refractivity contribution in [3.63, 3.8) is 0 Å². The maximum atomic E-state index is 12.2. The lowest BCUT2D eigenvalue weighted by atomic mass is 9.78. The topological polar surface area (TPSA) is 95.7 Å². The molecule has 1 unspecified atom stereocenters. The number of carbonyl (C=O) groups excluding carboxylic acids is 1. The Kier molecular flexibility index (Phi) is 6.44. The van der Waals surface area contributed by atoms with E-state index >= 15 is 0 Å². The predicted molar refractivity (Wildman–Crippen MR) is 131 cm³/mol. The van der Waals surface area contributed by atoms with Crippen LogP contribution in [0.4, 0.5) is 5.82 Å². The monoisotopic (exact) mass is 469 g/mol. The maximum absolute atomic E-state index is 12.2. The van der Waals surface area contributed by atoms with E-state index in [0.717, 1.165) is 16.6 Å². The van der Waals surface area contributed by atoms with E-state index < -0.39 is 18.3 Å². The van der Waals surface area contributed by atoms with Gasteiger partial charge in [0.25, 0.3) is 0 Å². The zero-order valence-corrected chi connectivity index (χ0v) is 20.1. The average molecular weight is 470 g/mol. The first-order valence-corrected chi connectivity index (χ1v) is 11.4. The number of hydrogen-bond donors (Lipinski definition) is 2. The fourth-order valence-electron chi connectivity index (χ4n) is 3.76. The van der Waals surface area contributed by atoms with Crippen molar-refractivity contribution in [2.24, 2.45) is 0 Å². The Morgan fingerprint density at radius 3 is 2.67 bits per heavy atom. The average Bonchev–Trinajstić information content (AvgIpc) is 3.25. The lowest BCUT2D eigenvalue weighted by Crippen LogP contribution is -2.41. The molecule has 1 atom stereocenters. The molecule has 4 rings (SSSR count).